The van der Waals surface area contributed by atoms with Gasteiger partial charge in [0.1, 0.15) is 5.82 Å². The van der Waals surface area contributed by atoms with Crippen molar-refractivity contribution in [3.63, 3.8) is 0 Å². The highest BCUT2D eigenvalue weighted by Gasteiger charge is 2.26. The minimum atomic E-state index is -0.712. The predicted octanol–water partition coefficient (Wildman–Crippen LogP) is 4.12. The number of aryl methyl sites for hydroxylation is 1. The lowest BCUT2D eigenvalue weighted by Gasteiger charge is -2.28. The predicted molar refractivity (Wildman–Crippen MR) is 75.9 cm³/mol. The fourth-order valence-corrected chi connectivity index (χ4v) is 2.52. The molecule has 2 aromatic rings. The van der Waals surface area contributed by atoms with E-state index >= 15 is 0 Å². The molecule has 0 bridgehead atoms. The molecule has 0 heterocycles. The third kappa shape index (κ3) is 2.47. The molecule has 1 unspecified atom stereocenters. The molecule has 0 radical (unpaired) electrons. The minimum absolute atomic E-state index is 0.262. The van der Waals surface area contributed by atoms with Gasteiger partial charge >= 0.3 is 0 Å². The quantitative estimate of drug-likeness (QED) is 0.887. The third-order valence-electron chi connectivity index (χ3n) is 3.18. The summed E-state index contributed by atoms with van der Waals surface area (Å²) in [5.41, 5.74) is 8.44. The Morgan fingerprint density at radius 1 is 1.17 bits per heavy atom. The third-order valence-corrected chi connectivity index (χ3v) is 3.68. The van der Waals surface area contributed by atoms with Crippen LogP contribution in [0, 0.1) is 12.7 Å². The molecule has 0 aliphatic carbocycles. The Bertz CT molecular complexity index is 578. The van der Waals surface area contributed by atoms with Crippen LogP contribution in [0.4, 0.5) is 4.39 Å². The van der Waals surface area contributed by atoms with E-state index in [2.05, 4.69) is 15.9 Å². The van der Waals surface area contributed by atoms with Crippen LogP contribution in [0.1, 0.15) is 23.6 Å². The maximum Gasteiger partial charge on any atom is 0.123 e. The van der Waals surface area contributed by atoms with Crippen LogP contribution in [-0.4, -0.2) is 0 Å². The molecule has 0 aliphatic heterocycles. The second-order valence-electron chi connectivity index (χ2n) is 4.67. The van der Waals surface area contributed by atoms with Gasteiger partial charge in [0, 0.05) is 4.47 Å². The average molecular weight is 308 g/mol. The van der Waals surface area contributed by atoms with Gasteiger partial charge in [-0.15, -0.1) is 0 Å². The van der Waals surface area contributed by atoms with Gasteiger partial charge in [0.05, 0.1) is 5.54 Å². The van der Waals surface area contributed by atoms with Crippen LogP contribution in [0.5, 0.6) is 0 Å². The Morgan fingerprint density at radius 2 is 1.89 bits per heavy atom. The lowest BCUT2D eigenvalue weighted by molar-refractivity contribution is 0.577. The molecule has 1 atom stereocenters. The van der Waals surface area contributed by atoms with Gasteiger partial charge in [0.2, 0.25) is 0 Å². The zero-order chi connectivity index (χ0) is 13.3. The van der Waals surface area contributed by atoms with Crippen LogP contribution in [0.3, 0.4) is 0 Å². The molecule has 2 aromatic carbocycles. The fraction of sp³-hybridized carbons (Fsp3) is 0.200. The van der Waals surface area contributed by atoms with Crippen LogP contribution in [0.25, 0.3) is 0 Å². The zero-order valence-electron chi connectivity index (χ0n) is 10.4. The van der Waals surface area contributed by atoms with Gasteiger partial charge in [-0.1, -0.05) is 34.1 Å². The number of hydrogen-bond donors (Lipinski definition) is 1. The van der Waals surface area contributed by atoms with Crippen LogP contribution < -0.4 is 5.73 Å². The highest BCUT2D eigenvalue weighted by molar-refractivity contribution is 9.10. The van der Waals surface area contributed by atoms with Gasteiger partial charge in [-0.25, -0.2) is 4.39 Å². The summed E-state index contributed by atoms with van der Waals surface area (Å²) in [5.74, 6) is -0.262. The van der Waals surface area contributed by atoms with E-state index in [1.165, 1.54) is 12.1 Å². The van der Waals surface area contributed by atoms with Crippen molar-refractivity contribution in [1.29, 1.82) is 0 Å². The summed E-state index contributed by atoms with van der Waals surface area (Å²) in [7, 11) is 0. The number of benzene rings is 2. The summed E-state index contributed by atoms with van der Waals surface area (Å²) in [6.07, 6.45) is 0. The minimum Gasteiger partial charge on any atom is -0.318 e. The van der Waals surface area contributed by atoms with Crippen molar-refractivity contribution >= 4 is 15.9 Å². The van der Waals surface area contributed by atoms with Crippen molar-refractivity contribution in [2.45, 2.75) is 19.4 Å². The van der Waals surface area contributed by atoms with E-state index in [0.717, 1.165) is 21.2 Å². The van der Waals surface area contributed by atoms with Crippen molar-refractivity contribution in [1.82, 2.24) is 0 Å². The summed E-state index contributed by atoms with van der Waals surface area (Å²) in [6.45, 7) is 3.84. The highest BCUT2D eigenvalue weighted by Crippen LogP contribution is 2.30. The molecule has 1 nitrogen and oxygen atoms in total. The summed E-state index contributed by atoms with van der Waals surface area (Å²) in [6, 6.07) is 12.5. The van der Waals surface area contributed by atoms with Crippen LogP contribution in [-0.2, 0) is 5.54 Å². The van der Waals surface area contributed by atoms with Crippen molar-refractivity contribution in [2.75, 3.05) is 0 Å². The Kier molecular flexibility index (Phi) is 3.55. The molecular formula is C15H15BrFN. The van der Waals surface area contributed by atoms with E-state index in [1.807, 2.05) is 38.1 Å². The molecule has 3 heteroatoms. The standard InChI is InChI=1S/C15H15BrFN/c1-10-6-7-13(17)9-14(10)15(2,18)11-4-3-5-12(16)8-11/h3-9H,18H2,1-2H3. The SMILES string of the molecule is Cc1ccc(F)cc1C(C)(N)c1cccc(Br)c1. The lowest BCUT2D eigenvalue weighted by atomic mass is 9.83. The molecule has 94 valence electrons. The van der Waals surface area contributed by atoms with Gasteiger partial charge < -0.3 is 5.73 Å². The van der Waals surface area contributed by atoms with Crippen LogP contribution in [0.15, 0.2) is 46.9 Å². The molecule has 0 saturated heterocycles. The molecule has 18 heavy (non-hydrogen) atoms. The first-order chi connectivity index (χ1) is 8.41. The first-order valence-electron chi connectivity index (χ1n) is 5.73. The van der Waals surface area contributed by atoms with Crippen molar-refractivity contribution < 1.29 is 4.39 Å². The number of hydrogen-bond acceptors (Lipinski definition) is 1. The molecule has 0 fully saturated rings. The summed E-state index contributed by atoms with van der Waals surface area (Å²) in [4.78, 5) is 0. The van der Waals surface area contributed by atoms with Crippen LogP contribution >= 0.6 is 15.9 Å². The number of rotatable bonds is 2. The highest BCUT2D eigenvalue weighted by atomic mass is 79.9. The van der Waals surface area contributed by atoms with Gasteiger partial charge in [0.15, 0.2) is 0 Å². The second kappa shape index (κ2) is 4.82. The molecule has 0 amide bonds. The lowest BCUT2D eigenvalue weighted by Crippen LogP contribution is -2.35. The second-order valence-corrected chi connectivity index (χ2v) is 5.59. The maximum absolute atomic E-state index is 13.4. The van der Waals surface area contributed by atoms with E-state index in [4.69, 9.17) is 5.73 Å². The molecule has 2 N–H and O–H groups in total. The average Bonchev–Trinajstić information content (AvgIpc) is 2.32. The molecular weight excluding hydrogens is 293 g/mol. The van der Waals surface area contributed by atoms with Crippen LogP contribution in [0.2, 0.25) is 0 Å². The maximum atomic E-state index is 13.4. The van der Waals surface area contributed by atoms with Gasteiger partial charge in [0.25, 0.3) is 0 Å². The molecule has 0 spiro atoms. The van der Waals surface area contributed by atoms with Crippen molar-refractivity contribution in [3.8, 4) is 0 Å². The fourth-order valence-electron chi connectivity index (χ4n) is 2.12. The van der Waals surface area contributed by atoms with Gasteiger partial charge in [-0.05, 0) is 54.8 Å². The zero-order valence-corrected chi connectivity index (χ0v) is 12.0. The van der Waals surface area contributed by atoms with E-state index in [-0.39, 0.29) is 5.82 Å². The van der Waals surface area contributed by atoms with E-state index < -0.39 is 5.54 Å². The molecule has 0 aliphatic rings. The first kappa shape index (κ1) is 13.2. The molecule has 0 aromatic heterocycles. The van der Waals surface area contributed by atoms with Crippen molar-refractivity contribution in [2.24, 2.45) is 5.73 Å². The van der Waals surface area contributed by atoms with Gasteiger partial charge in [-0.2, -0.15) is 0 Å². The molecule has 2 rings (SSSR count). The summed E-state index contributed by atoms with van der Waals surface area (Å²) >= 11 is 3.43. The Morgan fingerprint density at radius 3 is 2.56 bits per heavy atom. The topological polar surface area (TPSA) is 26.0 Å². The Hall–Kier alpha value is -1.19. The summed E-state index contributed by atoms with van der Waals surface area (Å²) < 4.78 is 14.4. The van der Waals surface area contributed by atoms with E-state index in [1.54, 1.807) is 6.07 Å². The Balaban J connectivity index is 2.57. The summed E-state index contributed by atoms with van der Waals surface area (Å²) in [5, 5.41) is 0. The molecule has 0 saturated carbocycles. The number of halogens is 2. The normalized spacial score (nSPS) is 14.3. The Labute approximate surface area is 115 Å². The monoisotopic (exact) mass is 307 g/mol. The van der Waals surface area contributed by atoms with Crippen molar-refractivity contribution in [3.05, 3.63) is 69.4 Å². The van der Waals surface area contributed by atoms with Gasteiger partial charge in [-0.3, -0.25) is 0 Å². The number of nitrogens with two attached hydrogens (primary N) is 1. The largest absolute Gasteiger partial charge is 0.318 e. The van der Waals surface area contributed by atoms with E-state index in [9.17, 15) is 4.39 Å². The van der Waals surface area contributed by atoms with E-state index in [0.29, 0.717) is 0 Å². The first-order valence-corrected chi connectivity index (χ1v) is 6.52. The smallest absolute Gasteiger partial charge is 0.123 e.